The lowest BCUT2D eigenvalue weighted by atomic mass is 9.76. The monoisotopic (exact) mass is 640 g/mol. The van der Waals surface area contributed by atoms with Crippen molar-refractivity contribution in [2.24, 2.45) is 0 Å². The summed E-state index contributed by atoms with van der Waals surface area (Å²) in [6, 6.07) is 25.3. The van der Waals surface area contributed by atoms with E-state index in [0.717, 1.165) is 65.8 Å². The Bertz CT molecular complexity index is 1540. The summed E-state index contributed by atoms with van der Waals surface area (Å²) in [6.07, 6.45) is 5.17. The molecule has 4 aromatic rings. The van der Waals surface area contributed by atoms with Crippen LogP contribution in [0.5, 0.6) is 5.75 Å². The van der Waals surface area contributed by atoms with Crippen LogP contribution < -0.4 is 10.1 Å². The molecule has 6 nitrogen and oxygen atoms in total. The second-order valence-electron chi connectivity index (χ2n) is 13.4. The number of carbonyl (C=O) groups excluding carboxylic acids is 1. The van der Waals surface area contributed by atoms with Crippen LogP contribution in [-0.2, 0) is 15.6 Å². The van der Waals surface area contributed by atoms with Crippen molar-refractivity contribution in [2.45, 2.75) is 103 Å². The van der Waals surface area contributed by atoms with Gasteiger partial charge in [-0.1, -0.05) is 113 Å². The summed E-state index contributed by atoms with van der Waals surface area (Å²) in [7, 11) is 0. The second-order valence-corrected chi connectivity index (χ2v) is 14.4. The molecule has 1 heterocycles. The average molecular weight is 641 g/mol. The SMILES string of the molecule is CCC(C)(C)c1ccc(OCCCCNC(=O)CCCSc2nnc(-c3ccc(C)cc3)n2-c2ccccc2)c(C(C)(C)CC)c1. The fourth-order valence-electron chi connectivity index (χ4n) is 5.18. The first kappa shape index (κ1) is 35.3. The van der Waals surface area contributed by atoms with E-state index in [0.29, 0.717) is 19.6 Å². The molecule has 0 saturated heterocycles. The molecular weight excluding hydrogens is 589 g/mol. The average Bonchev–Trinajstić information content (AvgIpc) is 3.49. The molecule has 0 unspecified atom stereocenters. The number of nitrogens with one attached hydrogen (secondary N) is 1. The van der Waals surface area contributed by atoms with Crippen molar-refractivity contribution >= 4 is 17.7 Å². The molecule has 0 saturated carbocycles. The van der Waals surface area contributed by atoms with E-state index in [1.807, 2.05) is 18.2 Å². The number of unbranched alkanes of at least 4 members (excludes halogenated alkanes) is 1. The third-order valence-electron chi connectivity index (χ3n) is 9.15. The highest BCUT2D eigenvalue weighted by Crippen LogP contribution is 2.38. The summed E-state index contributed by atoms with van der Waals surface area (Å²) in [5, 5.41) is 13.0. The largest absolute Gasteiger partial charge is 0.493 e. The lowest BCUT2D eigenvalue weighted by Gasteiger charge is -2.30. The zero-order valence-electron chi connectivity index (χ0n) is 28.9. The van der Waals surface area contributed by atoms with E-state index in [9.17, 15) is 4.79 Å². The molecule has 0 fully saturated rings. The van der Waals surface area contributed by atoms with Gasteiger partial charge in [-0.05, 0) is 73.6 Å². The number of benzene rings is 3. The molecule has 4 rings (SSSR count). The number of aryl methyl sites for hydroxylation is 1. The van der Waals surface area contributed by atoms with E-state index in [4.69, 9.17) is 4.74 Å². The highest BCUT2D eigenvalue weighted by molar-refractivity contribution is 7.99. The van der Waals surface area contributed by atoms with Gasteiger partial charge in [0.2, 0.25) is 5.91 Å². The summed E-state index contributed by atoms with van der Waals surface area (Å²) < 4.78 is 8.40. The minimum absolute atomic E-state index is 0.0437. The molecule has 0 spiro atoms. The molecule has 0 aliphatic carbocycles. The summed E-state index contributed by atoms with van der Waals surface area (Å²) in [5.41, 5.74) is 6.09. The fraction of sp³-hybridized carbons (Fsp3) is 0.462. The van der Waals surface area contributed by atoms with Crippen LogP contribution in [0.4, 0.5) is 0 Å². The van der Waals surface area contributed by atoms with Gasteiger partial charge in [0.15, 0.2) is 11.0 Å². The Kier molecular flexibility index (Phi) is 12.5. The molecule has 0 atom stereocenters. The van der Waals surface area contributed by atoms with Crippen molar-refractivity contribution in [1.29, 1.82) is 0 Å². The predicted molar refractivity (Wildman–Crippen MR) is 192 cm³/mol. The molecule has 0 radical (unpaired) electrons. The Morgan fingerprint density at radius 3 is 2.28 bits per heavy atom. The van der Waals surface area contributed by atoms with Crippen LogP contribution >= 0.6 is 11.8 Å². The molecule has 7 heteroatoms. The van der Waals surface area contributed by atoms with Crippen molar-refractivity contribution in [3.05, 3.63) is 89.5 Å². The Morgan fingerprint density at radius 1 is 0.870 bits per heavy atom. The molecule has 1 N–H and O–H groups in total. The van der Waals surface area contributed by atoms with Gasteiger partial charge in [-0.25, -0.2) is 0 Å². The smallest absolute Gasteiger partial charge is 0.220 e. The molecule has 1 amide bonds. The summed E-state index contributed by atoms with van der Waals surface area (Å²) in [5.74, 6) is 2.67. The Balaban J connectivity index is 1.21. The zero-order chi connectivity index (χ0) is 33.2. The fourth-order valence-corrected chi connectivity index (χ4v) is 6.08. The molecule has 3 aromatic carbocycles. The molecule has 0 aliphatic rings. The van der Waals surface area contributed by atoms with E-state index in [1.165, 1.54) is 16.7 Å². The van der Waals surface area contributed by atoms with Gasteiger partial charge in [0.1, 0.15) is 5.75 Å². The third kappa shape index (κ3) is 9.25. The molecular formula is C39H52N4O2S. The van der Waals surface area contributed by atoms with E-state index >= 15 is 0 Å². The highest BCUT2D eigenvalue weighted by atomic mass is 32.2. The number of carbonyl (C=O) groups is 1. The Labute approximate surface area is 280 Å². The number of aromatic nitrogens is 3. The van der Waals surface area contributed by atoms with Gasteiger partial charge in [-0.3, -0.25) is 9.36 Å². The number of rotatable bonds is 17. The maximum atomic E-state index is 12.6. The minimum Gasteiger partial charge on any atom is -0.493 e. The van der Waals surface area contributed by atoms with E-state index < -0.39 is 0 Å². The lowest BCUT2D eigenvalue weighted by Crippen LogP contribution is -2.24. The van der Waals surface area contributed by atoms with E-state index in [1.54, 1.807) is 11.8 Å². The number of thioether (sulfide) groups is 1. The number of nitrogens with zero attached hydrogens (tertiary/aromatic N) is 3. The molecule has 46 heavy (non-hydrogen) atoms. The van der Waals surface area contributed by atoms with Crippen molar-refractivity contribution in [1.82, 2.24) is 20.1 Å². The van der Waals surface area contributed by atoms with Gasteiger partial charge >= 0.3 is 0 Å². The van der Waals surface area contributed by atoms with Crippen molar-refractivity contribution in [3.8, 4) is 22.8 Å². The maximum Gasteiger partial charge on any atom is 0.220 e. The van der Waals surface area contributed by atoms with Crippen LogP contribution in [0, 0.1) is 6.92 Å². The standard InChI is InChI=1S/C39H52N4O2S/c1-8-38(4,5)31-23-24-34(33(28-31)39(6,7)9-2)45-26-14-13-25-40-35(44)18-15-27-46-37-42-41-36(30-21-19-29(3)20-22-30)43(37)32-16-11-10-12-17-32/h10-12,16-17,19-24,28H,8-9,13-15,18,25-27H2,1-7H3,(H,40,44). The molecule has 246 valence electrons. The van der Waals surface area contributed by atoms with Crippen molar-refractivity contribution in [2.75, 3.05) is 18.9 Å². The van der Waals surface area contributed by atoms with E-state index in [-0.39, 0.29) is 16.7 Å². The van der Waals surface area contributed by atoms with Crippen LogP contribution in [0.3, 0.4) is 0 Å². The van der Waals surface area contributed by atoms with Crippen LogP contribution in [0.2, 0.25) is 0 Å². The topological polar surface area (TPSA) is 69.0 Å². The zero-order valence-corrected chi connectivity index (χ0v) is 29.7. The number of hydrogen-bond acceptors (Lipinski definition) is 5. The first-order chi connectivity index (χ1) is 22.1. The number of amides is 1. The van der Waals surface area contributed by atoms with Crippen molar-refractivity contribution < 1.29 is 9.53 Å². The third-order valence-corrected chi connectivity index (χ3v) is 10.2. The van der Waals surface area contributed by atoms with Crippen molar-refractivity contribution in [3.63, 3.8) is 0 Å². The lowest BCUT2D eigenvalue weighted by molar-refractivity contribution is -0.121. The van der Waals surface area contributed by atoms with Crippen LogP contribution in [0.1, 0.15) is 96.8 Å². The summed E-state index contributed by atoms with van der Waals surface area (Å²) >= 11 is 1.64. The van der Waals surface area contributed by atoms with Gasteiger partial charge in [0.25, 0.3) is 0 Å². The molecule has 0 aliphatic heterocycles. The van der Waals surface area contributed by atoms with Crippen LogP contribution in [0.15, 0.2) is 78.0 Å². The van der Waals surface area contributed by atoms with E-state index in [2.05, 4.69) is 123 Å². The number of ether oxygens (including phenoxy) is 1. The highest BCUT2D eigenvalue weighted by Gasteiger charge is 2.26. The van der Waals surface area contributed by atoms with Gasteiger partial charge in [0.05, 0.1) is 6.61 Å². The summed E-state index contributed by atoms with van der Waals surface area (Å²) in [6.45, 7) is 17.1. The molecule has 1 aromatic heterocycles. The van der Waals surface area contributed by atoms with Crippen LogP contribution in [-0.4, -0.2) is 39.6 Å². The summed E-state index contributed by atoms with van der Waals surface area (Å²) in [4.78, 5) is 12.6. The quantitative estimate of drug-likeness (QED) is 0.0920. The first-order valence-corrected chi connectivity index (χ1v) is 17.8. The van der Waals surface area contributed by atoms with Gasteiger partial charge in [0, 0.05) is 35.5 Å². The second kappa shape index (κ2) is 16.3. The maximum absolute atomic E-state index is 12.6. The number of para-hydroxylation sites is 1. The minimum atomic E-state index is 0.0437. The van der Waals surface area contributed by atoms with Gasteiger partial charge < -0.3 is 10.1 Å². The molecule has 0 bridgehead atoms. The Morgan fingerprint density at radius 2 is 1.59 bits per heavy atom. The van der Waals surface area contributed by atoms with Gasteiger partial charge in [-0.15, -0.1) is 10.2 Å². The normalized spacial score (nSPS) is 11.9. The first-order valence-electron chi connectivity index (χ1n) is 16.8. The number of hydrogen-bond donors (Lipinski definition) is 1. The predicted octanol–water partition coefficient (Wildman–Crippen LogP) is 9.47. The van der Waals surface area contributed by atoms with Gasteiger partial charge in [-0.2, -0.15) is 0 Å². The Hall–Kier alpha value is -3.58. The van der Waals surface area contributed by atoms with Crippen LogP contribution in [0.25, 0.3) is 17.1 Å².